The van der Waals surface area contributed by atoms with Crippen molar-refractivity contribution in [3.63, 3.8) is 0 Å². The lowest BCUT2D eigenvalue weighted by molar-refractivity contribution is -0.152. The molecule has 0 aromatic heterocycles. The van der Waals surface area contributed by atoms with E-state index in [2.05, 4.69) is 17.4 Å². The average Bonchev–Trinajstić information content (AvgIpc) is 3.09. The van der Waals surface area contributed by atoms with E-state index in [1.165, 1.54) is 18.2 Å². The molecular weight excluding hydrogens is 366 g/mol. The molecule has 1 aliphatic carbocycles. The third-order valence-electron chi connectivity index (χ3n) is 4.61. The first-order valence-electron chi connectivity index (χ1n) is 8.91. The second kappa shape index (κ2) is 8.44. The number of rotatable bonds is 6. The number of esters is 1. The zero-order chi connectivity index (χ0) is 19.4. The summed E-state index contributed by atoms with van der Waals surface area (Å²) in [7, 11) is 1.52. The van der Waals surface area contributed by atoms with E-state index in [0.717, 1.165) is 24.8 Å². The van der Waals surface area contributed by atoms with Crippen LogP contribution in [0.25, 0.3) is 0 Å². The minimum Gasteiger partial charge on any atom is -0.495 e. The Morgan fingerprint density at radius 1 is 1.15 bits per heavy atom. The Balaban J connectivity index is 1.54. The highest BCUT2D eigenvalue weighted by Gasteiger charge is 2.19. The highest BCUT2D eigenvalue weighted by atomic mass is 35.5. The Morgan fingerprint density at radius 3 is 2.67 bits per heavy atom. The first-order chi connectivity index (χ1) is 13.0. The van der Waals surface area contributed by atoms with Crippen molar-refractivity contribution < 1.29 is 19.1 Å². The maximum absolute atomic E-state index is 12.3. The van der Waals surface area contributed by atoms with Crippen molar-refractivity contribution >= 4 is 29.2 Å². The van der Waals surface area contributed by atoms with Crippen molar-refractivity contribution in [2.24, 2.45) is 0 Å². The number of aryl methyl sites for hydroxylation is 2. The zero-order valence-corrected chi connectivity index (χ0v) is 16.1. The van der Waals surface area contributed by atoms with Crippen molar-refractivity contribution in [1.29, 1.82) is 0 Å². The van der Waals surface area contributed by atoms with Gasteiger partial charge in [-0.15, -0.1) is 0 Å². The van der Waals surface area contributed by atoms with E-state index in [0.29, 0.717) is 16.5 Å². The first-order valence-corrected chi connectivity index (χ1v) is 9.28. The van der Waals surface area contributed by atoms with Gasteiger partial charge in [0, 0.05) is 5.69 Å². The second-order valence-corrected chi connectivity index (χ2v) is 7.01. The fraction of sp³-hybridized carbons (Fsp3) is 0.333. The normalized spacial score (nSPS) is 13.6. The smallest absolute Gasteiger partial charge is 0.311 e. The molecule has 0 spiro atoms. The van der Waals surface area contributed by atoms with Crippen LogP contribution < -0.4 is 10.1 Å². The van der Waals surface area contributed by atoms with Crippen molar-refractivity contribution in [2.45, 2.75) is 38.7 Å². The molecule has 27 heavy (non-hydrogen) atoms. The number of carbonyl (C=O) groups is 2. The van der Waals surface area contributed by atoms with Crippen LogP contribution in [0.3, 0.4) is 0 Å². The topological polar surface area (TPSA) is 64.6 Å². The number of fused-ring (bicyclic) bond motifs is 1. The molecule has 2 aromatic rings. The molecule has 0 unspecified atom stereocenters. The highest BCUT2D eigenvalue weighted by molar-refractivity contribution is 6.32. The molecule has 1 aliphatic rings. The number of carbonyl (C=O) groups excluding carboxylic acids is 2. The van der Waals surface area contributed by atoms with Gasteiger partial charge in [-0.3, -0.25) is 9.59 Å². The van der Waals surface area contributed by atoms with E-state index in [1.807, 2.05) is 6.07 Å². The molecule has 6 heteroatoms. The lowest BCUT2D eigenvalue weighted by atomic mass is 10.0. The Morgan fingerprint density at radius 2 is 1.93 bits per heavy atom. The number of nitrogens with one attached hydrogen (secondary N) is 1. The Kier molecular flexibility index (Phi) is 6.01. The van der Waals surface area contributed by atoms with Crippen LogP contribution in [0.15, 0.2) is 36.4 Å². The van der Waals surface area contributed by atoms with Gasteiger partial charge in [-0.2, -0.15) is 0 Å². The van der Waals surface area contributed by atoms with Gasteiger partial charge < -0.3 is 14.8 Å². The molecule has 1 atom stereocenters. The van der Waals surface area contributed by atoms with Gasteiger partial charge in [-0.1, -0.05) is 29.8 Å². The van der Waals surface area contributed by atoms with Gasteiger partial charge in [0.15, 0.2) is 6.10 Å². The molecule has 142 valence electrons. The summed E-state index contributed by atoms with van der Waals surface area (Å²) >= 11 is 6.05. The highest BCUT2D eigenvalue weighted by Crippen LogP contribution is 2.27. The summed E-state index contributed by atoms with van der Waals surface area (Å²) in [5, 5.41) is 3.07. The Bertz CT molecular complexity index is 865. The van der Waals surface area contributed by atoms with Crippen LogP contribution in [0, 0.1) is 0 Å². The van der Waals surface area contributed by atoms with Crippen LogP contribution in [-0.2, 0) is 33.6 Å². The van der Waals surface area contributed by atoms with Crippen LogP contribution in [0.2, 0.25) is 5.02 Å². The molecule has 0 heterocycles. The van der Waals surface area contributed by atoms with Gasteiger partial charge in [-0.25, -0.2) is 0 Å². The molecule has 3 rings (SSSR count). The summed E-state index contributed by atoms with van der Waals surface area (Å²) in [6.07, 6.45) is 2.57. The van der Waals surface area contributed by atoms with E-state index in [9.17, 15) is 9.59 Å². The molecule has 0 bridgehead atoms. The minimum absolute atomic E-state index is 0.152. The number of ether oxygens (including phenoxy) is 2. The summed E-state index contributed by atoms with van der Waals surface area (Å²) in [5.41, 5.74) is 4.09. The Labute approximate surface area is 163 Å². The fourth-order valence-electron chi connectivity index (χ4n) is 3.18. The summed E-state index contributed by atoms with van der Waals surface area (Å²) < 4.78 is 10.3. The molecule has 2 aromatic carbocycles. The average molecular weight is 388 g/mol. The van der Waals surface area contributed by atoms with Gasteiger partial charge in [-0.05, 0) is 61.1 Å². The fourth-order valence-corrected chi connectivity index (χ4v) is 3.44. The largest absolute Gasteiger partial charge is 0.495 e. The summed E-state index contributed by atoms with van der Waals surface area (Å²) in [5.74, 6) is -0.328. The summed E-state index contributed by atoms with van der Waals surface area (Å²) in [6, 6.07) is 11.0. The molecule has 1 amide bonds. The van der Waals surface area contributed by atoms with E-state index >= 15 is 0 Å². The standard InChI is InChI=1S/C21H22ClNO4/c1-13(21(25)23-17-8-9-19(26-2)18(22)12-17)27-20(24)11-14-6-7-15-4-3-5-16(15)10-14/h6-10,12-13H,3-5,11H2,1-2H3,(H,23,25)/t13-/m0/s1. The SMILES string of the molecule is COc1ccc(NC(=O)[C@H](C)OC(=O)Cc2ccc3c(c2)CCC3)cc1Cl. The van der Waals surface area contributed by atoms with Gasteiger partial charge in [0.2, 0.25) is 0 Å². The van der Waals surface area contributed by atoms with Gasteiger partial charge >= 0.3 is 5.97 Å². The second-order valence-electron chi connectivity index (χ2n) is 6.60. The summed E-state index contributed by atoms with van der Waals surface area (Å²) in [6.45, 7) is 1.54. The molecule has 0 aliphatic heterocycles. The lowest BCUT2D eigenvalue weighted by Gasteiger charge is -2.14. The maximum Gasteiger partial charge on any atom is 0.311 e. The van der Waals surface area contributed by atoms with Crippen LogP contribution in [0.1, 0.15) is 30.0 Å². The van der Waals surface area contributed by atoms with Crippen LogP contribution in [0.5, 0.6) is 5.75 Å². The van der Waals surface area contributed by atoms with E-state index in [1.54, 1.807) is 25.1 Å². The monoisotopic (exact) mass is 387 g/mol. The van der Waals surface area contributed by atoms with Crippen LogP contribution >= 0.6 is 11.6 Å². The number of amides is 1. The molecule has 0 saturated carbocycles. The van der Waals surface area contributed by atoms with Crippen LogP contribution in [-0.4, -0.2) is 25.1 Å². The van der Waals surface area contributed by atoms with Crippen molar-refractivity contribution in [3.8, 4) is 5.75 Å². The van der Waals surface area contributed by atoms with E-state index in [4.69, 9.17) is 21.1 Å². The van der Waals surface area contributed by atoms with Crippen molar-refractivity contribution in [3.05, 3.63) is 58.1 Å². The third-order valence-corrected chi connectivity index (χ3v) is 4.90. The van der Waals surface area contributed by atoms with Gasteiger partial charge in [0.1, 0.15) is 5.75 Å². The van der Waals surface area contributed by atoms with Crippen LogP contribution in [0.4, 0.5) is 5.69 Å². The molecule has 0 saturated heterocycles. The van der Waals surface area contributed by atoms with Crippen molar-refractivity contribution in [1.82, 2.24) is 0 Å². The lowest BCUT2D eigenvalue weighted by Crippen LogP contribution is -2.30. The summed E-state index contributed by atoms with van der Waals surface area (Å²) in [4.78, 5) is 24.4. The molecule has 0 radical (unpaired) electrons. The predicted octanol–water partition coefficient (Wildman–Crippen LogP) is 3.95. The molecule has 0 fully saturated rings. The molecule has 5 nitrogen and oxygen atoms in total. The number of halogens is 1. The number of methoxy groups -OCH3 is 1. The molecular formula is C21H22ClNO4. The van der Waals surface area contributed by atoms with E-state index in [-0.39, 0.29) is 6.42 Å². The van der Waals surface area contributed by atoms with Gasteiger partial charge in [0.05, 0.1) is 18.6 Å². The predicted molar refractivity (Wildman–Crippen MR) is 104 cm³/mol. The first kappa shape index (κ1) is 19.2. The maximum atomic E-state index is 12.3. The number of benzene rings is 2. The van der Waals surface area contributed by atoms with E-state index < -0.39 is 18.0 Å². The Hall–Kier alpha value is -2.53. The minimum atomic E-state index is -0.909. The van der Waals surface area contributed by atoms with Crippen molar-refractivity contribution in [2.75, 3.05) is 12.4 Å². The zero-order valence-electron chi connectivity index (χ0n) is 15.4. The number of hydrogen-bond donors (Lipinski definition) is 1. The van der Waals surface area contributed by atoms with Gasteiger partial charge in [0.25, 0.3) is 5.91 Å². The number of hydrogen-bond acceptors (Lipinski definition) is 4. The molecule has 1 N–H and O–H groups in total. The quantitative estimate of drug-likeness (QED) is 0.762. The third kappa shape index (κ3) is 4.80. The number of anilines is 1.